The van der Waals surface area contributed by atoms with Gasteiger partial charge >= 0.3 is 0 Å². The van der Waals surface area contributed by atoms with Crippen molar-refractivity contribution in [3.05, 3.63) is 46.8 Å². The summed E-state index contributed by atoms with van der Waals surface area (Å²) in [6, 6.07) is 6.90. The van der Waals surface area contributed by atoms with Crippen LogP contribution in [0.2, 0.25) is 0 Å². The molecule has 0 saturated carbocycles. The molecule has 0 radical (unpaired) electrons. The first-order valence-corrected chi connectivity index (χ1v) is 7.86. The highest BCUT2D eigenvalue weighted by molar-refractivity contribution is 7.89. The molecule has 1 aromatic carbocycles. The number of aromatic nitrogens is 1. The fraction of sp³-hybridized carbons (Fsp3) is 0.357. The molecule has 0 aliphatic heterocycles. The van der Waals surface area contributed by atoms with Gasteiger partial charge in [0, 0.05) is 19.0 Å². The summed E-state index contributed by atoms with van der Waals surface area (Å²) in [5.74, 6) is 0.719. The maximum Gasteiger partial charge on any atom is 0.240 e. The lowest BCUT2D eigenvalue weighted by atomic mass is 10.1. The van der Waals surface area contributed by atoms with Gasteiger partial charge < -0.3 is 4.52 Å². The number of benzene rings is 1. The molecule has 1 aromatic heterocycles. The van der Waals surface area contributed by atoms with Gasteiger partial charge in [0.2, 0.25) is 10.0 Å². The molecule has 0 saturated heterocycles. The lowest BCUT2D eigenvalue weighted by Gasteiger charge is -2.08. The van der Waals surface area contributed by atoms with Gasteiger partial charge in [0.05, 0.1) is 10.6 Å². The van der Waals surface area contributed by atoms with Crippen molar-refractivity contribution in [2.24, 2.45) is 0 Å². The van der Waals surface area contributed by atoms with Gasteiger partial charge in [0.25, 0.3) is 0 Å². The Morgan fingerprint density at radius 1 is 1.15 bits per heavy atom. The van der Waals surface area contributed by atoms with Crippen LogP contribution in [0.5, 0.6) is 0 Å². The molecular formula is C14H18N2O3S. The third kappa shape index (κ3) is 3.46. The Morgan fingerprint density at radius 3 is 2.50 bits per heavy atom. The van der Waals surface area contributed by atoms with Gasteiger partial charge in [0.1, 0.15) is 5.76 Å². The second kappa shape index (κ2) is 5.76. The van der Waals surface area contributed by atoms with Crippen molar-refractivity contribution in [2.75, 3.05) is 6.54 Å². The molecule has 2 aromatic rings. The fourth-order valence-corrected chi connectivity index (χ4v) is 2.93. The van der Waals surface area contributed by atoms with E-state index in [1.807, 2.05) is 19.9 Å². The van der Waals surface area contributed by atoms with Gasteiger partial charge in [-0.2, -0.15) is 0 Å². The van der Waals surface area contributed by atoms with Gasteiger partial charge in [-0.3, -0.25) is 0 Å². The highest BCUT2D eigenvalue weighted by Crippen LogP contribution is 2.14. The number of hydrogen-bond acceptors (Lipinski definition) is 4. The molecule has 1 heterocycles. The summed E-state index contributed by atoms with van der Waals surface area (Å²) in [5, 5.41) is 3.82. The first-order chi connectivity index (χ1) is 9.38. The average molecular weight is 294 g/mol. The standard InChI is InChI=1S/C14H18N2O3S/c1-10-4-5-14(8-11(10)2)20(17,18)15-7-6-13-9-12(3)19-16-13/h4-5,8-9,15H,6-7H2,1-3H3. The van der Waals surface area contributed by atoms with Crippen LogP contribution in [0.15, 0.2) is 33.7 Å². The minimum atomic E-state index is -3.47. The van der Waals surface area contributed by atoms with Crippen LogP contribution in [0.1, 0.15) is 22.6 Å². The largest absolute Gasteiger partial charge is 0.361 e. The van der Waals surface area contributed by atoms with E-state index >= 15 is 0 Å². The van der Waals surface area contributed by atoms with Crippen molar-refractivity contribution in [2.45, 2.75) is 32.1 Å². The molecule has 0 aliphatic carbocycles. The Hall–Kier alpha value is -1.66. The summed E-state index contributed by atoms with van der Waals surface area (Å²) in [6.45, 7) is 5.94. The van der Waals surface area contributed by atoms with E-state index in [9.17, 15) is 8.42 Å². The summed E-state index contributed by atoms with van der Waals surface area (Å²) >= 11 is 0. The van der Waals surface area contributed by atoms with E-state index in [0.717, 1.165) is 22.6 Å². The summed E-state index contributed by atoms with van der Waals surface area (Å²) in [4.78, 5) is 0.289. The maximum absolute atomic E-state index is 12.1. The van der Waals surface area contributed by atoms with Gasteiger partial charge in [0.15, 0.2) is 0 Å². The van der Waals surface area contributed by atoms with Crippen molar-refractivity contribution in [1.29, 1.82) is 0 Å². The highest BCUT2D eigenvalue weighted by atomic mass is 32.2. The first-order valence-electron chi connectivity index (χ1n) is 6.37. The predicted octanol–water partition coefficient (Wildman–Crippen LogP) is 2.12. The monoisotopic (exact) mass is 294 g/mol. The van der Waals surface area contributed by atoms with E-state index in [1.165, 1.54) is 0 Å². The molecule has 0 amide bonds. The number of nitrogens with zero attached hydrogens (tertiary/aromatic N) is 1. The summed E-state index contributed by atoms with van der Waals surface area (Å²) in [7, 11) is -3.47. The van der Waals surface area contributed by atoms with Gasteiger partial charge in [-0.1, -0.05) is 11.2 Å². The van der Waals surface area contributed by atoms with E-state index in [-0.39, 0.29) is 4.90 Å². The first kappa shape index (κ1) is 14.7. The molecule has 0 bridgehead atoms. The third-order valence-electron chi connectivity index (χ3n) is 3.14. The fourth-order valence-electron chi connectivity index (χ4n) is 1.81. The maximum atomic E-state index is 12.1. The Labute approximate surface area is 119 Å². The zero-order valence-corrected chi connectivity index (χ0v) is 12.6. The molecule has 20 heavy (non-hydrogen) atoms. The molecule has 0 spiro atoms. The van der Waals surface area contributed by atoms with Crippen LogP contribution in [0, 0.1) is 20.8 Å². The second-order valence-corrected chi connectivity index (χ2v) is 6.59. The van der Waals surface area contributed by atoms with E-state index in [4.69, 9.17) is 4.52 Å². The molecule has 108 valence electrons. The molecule has 0 aliphatic rings. The van der Waals surface area contributed by atoms with E-state index in [2.05, 4.69) is 9.88 Å². The van der Waals surface area contributed by atoms with E-state index < -0.39 is 10.0 Å². The molecule has 2 rings (SSSR count). The lowest BCUT2D eigenvalue weighted by Crippen LogP contribution is -2.26. The quantitative estimate of drug-likeness (QED) is 0.917. The highest BCUT2D eigenvalue weighted by Gasteiger charge is 2.14. The van der Waals surface area contributed by atoms with E-state index in [1.54, 1.807) is 25.1 Å². The Bertz CT molecular complexity index is 705. The number of hydrogen-bond donors (Lipinski definition) is 1. The zero-order valence-electron chi connectivity index (χ0n) is 11.8. The predicted molar refractivity (Wildman–Crippen MR) is 76.0 cm³/mol. The van der Waals surface area contributed by atoms with Crippen molar-refractivity contribution < 1.29 is 12.9 Å². The normalized spacial score (nSPS) is 11.8. The molecule has 0 atom stereocenters. The Balaban J connectivity index is 2.02. The third-order valence-corrected chi connectivity index (χ3v) is 4.60. The van der Waals surface area contributed by atoms with Crippen molar-refractivity contribution in [3.63, 3.8) is 0 Å². The van der Waals surface area contributed by atoms with Crippen LogP contribution < -0.4 is 4.72 Å². The Kier molecular flexibility index (Phi) is 4.25. The van der Waals surface area contributed by atoms with E-state index in [0.29, 0.717) is 13.0 Å². The number of aryl methyl sites for hydroxylation is 3. The van der Waals surface area contributed by atoms with Crippen molar-refractivity contribution >= 4 is 10.0 Å². The number of rotatable bonds is 5. The van der Waals surface area contributed by atoms with Crippen LogP contribution in [-0.2, 0) is 16.4 Å². The minimum Gasteiger partial charge on any atom is -0.361 e. The second-order valence-electron chi connectivity index (χ2n) is 4.82. The molecule has 6 heteroatoms. The van der Waals surface area contributed by atoms with Crippen LogP contribution in [-0.4, -0.2) is 20.1 Å². The van der Waals surface area contributed by atoms with Crippen LogP contribution >= 0.6 is 0 Å². The molecule has 1 N–H and O–H groups in total. The summed E-state index contributed by atoms with van der Waals surface area (Å²) in [6.07, 6.45) is 0.501. The summed E-state index contributed by atoms with van der Waals surface area (Å²) in [5.41, 5.74) is 2.77. The van der Waals surface area contributed by atoms with Gasteiger partial charge in [-0.15, -0.1) is 0 Å². The molecule has 0 unspecified atom stereocenters. The lowest BCUT2D eigenvalue weighted by molar-refractivity contribution is 0.390. The SMILES string of the molecule is Cc1cc(CCNS(=O)(=O)c2ccc(C)c(C)c2)no1. The average Bonchev–Trinajstić information content (AvgIpc) is 2.78. The number of nitrogens with one attached hydrogen (secondary N) is 1. The van der Waals surface area contributed by atoms with Crippen molar-refractivity contribution in [3.8, 4) is 0 Å². The van der Waals surface area contributed by atoms with Gasteiger partial charge in [-0.05, 0) is 44.0 Å². The number of sulfonamides is 1. The van der Waals surface area contributed by atoms with Crippen LogP contribution in [0.4, 0.5) is 0 Å². The molecule has 5 nitrogen and oxygen atoms in total. The minimum absolute atomic E-state index is 0.289. The van der Waals surface area contributed by atoms with Crippen LogP contribution in [0.25, 0.3) is 0 Å². The molecule has 0 fully saturated rings. The smallest absolute Gasteiger partial charge is 0.240 e. The topological polar surface area (TPSA) is 72.2 Å². The Morgan fingerprint density at radius 2 is 1.90 bits per heavy atom. The van der Waals surface area contributed by atoms with Gasteiger partial charge in [-0.25, -0.2) is 13.1 Å². The zero-order chi connectivity index (χ0) is 14.8. The van der Waals surface area contributed by atoms with Crippen LogP contribution in [0.3, 0.4) is 0 Å². The molecular weight excluding hydrogens is 276 g/mol. The van der Waals surface area contributed by atoms with Crippen molar-refractivity contribution in [1.82, 2.24) is 9.88 Å². The summed E-state index contributed by atoms with van der Waals surface area (Å²) < 4.78 is 31.8.